The Morgan fingerprint density at radius 3 is 2.58 bits per heavy atom. The summed E-state index contributed by atoms with van der Waals surface area (Å²) in [6.07, 6.45) is -2.55. The third kappa shape index (κ3) is 5.76. The lowest BCUT2D eigenvalue weighted by Gasteiger charge is -2.39. The predicted octanol–water partition coefficient (Wildman–Crippen LogP) is 4.11. The first-order valence-corrected chi connectivity index (χ1v) is 10.3. The first kappa shape index (κ1) is 23.1. The molecule has 2 aromatic rings. The van der Waals surface area contributed by atoms with Crippen LogP contribution in [0.1, 0.15) is 37.3 Å². The molecule has 1 aliphatic heterocycles. The normalized spacial score (nSPS) is 20.3. The van der Waals surface area contributed by atoms with Crippen LogP contribution in [-0.2, 0) is 11.0 Å². The molecule has 0 aliphatic carbocycles. The van der Waals surface area contributed by atoms with Crippen LogP contribution < -0.4 is 10.1 Å². The van der Waals surface area contributed by atoms with Crippen LogP contribution in [0, 0.1) is 5.41 Å². The van der Waals surface area contributed by atoms with Crippen molar-refractivity contribution < 1.29 is 22.7 Å². The van der Waals surface area contributed by atoms with Gasteiger partial charge in [-0.1, -0.05) is 30.3 Å². The number of rotatable bonds is 6. The Morgan fingerprint density at radius 1 is 1.19 bits per heavy atom. The summed E-state index contributed by atoms with van der Waals surface area (Å²) < 4.78 is 44.9. The average molecular weight is 435 g/mol. The van der Waals surface area contributed by atoms with Gasteiger partial charge in [0.05, 0.1) is 5.41 Å². The van der Waals surface area contributed by atoms with E-state index >= 15 is 0 Å². The summed E-state index contributed by atoms with van der Waals surface area (Å²) in [5.74, 6) is -0.641. The van der Waals surface area contributed by atoms with E-state index in [0.717, 1.165) is 31.1 Å². The number of nitrogens with zero attached hydrogens (tertiary/aromatic N) is 2. The monoisotopic (exact) mass is 435 g/mol. The zero-order valence-corrected chi connectivity index (χ0v) is 17.9. The molecule has 0 saturated carbocycles. The van der Waals surface area contributed by atoms with Crippen molar-refractivity contribution in [2.24, 2.45) is 5.41 Å². The van der Waals surface area contributed by atoms with Crippen LogP contribution in [0.2, 0.25) is 0 Å². The molecule has 1 amide bonds. The largest absolute Gasteiger partial charge is 0.476 e. The molecule has 168 valence electrons. The first-order valence-electron chi connectivity index (χ1n) is 10.3. The number of amides is 1. The summed E-state index contributed by atoms with van der Waals surface area (Å²) in [6, 6.07) is 12.1. The molecule has 0 bridgehead atoms. The molecule has 0 spiro atoms. The molecule has 1 aromatic carbocycles. The van der Waals surface area contributed by atoms with Crippen molar-refractivity contribution >= 4 is 5.91 Å². The van der Waals surface area contributed by atoms with E-state index in [1.54, 1.807) is 13.8 Å². The fourth-order valence-corrected chi connectivity index (χ4v) is 3.73. The molecule has 2 heterocycles. The fourth-order valence-electron chi connectivity index (χ4n) is 3.73. The number of ether oxygens (including phenoxy) is 1. The quantitative estimate of drug-likeness (QED) is 0.742. The van der Waals surface area contributed by atoms with Gasteiger partial charge in [0.1, 0.15) is 12.2 Å². The molecule has 1 saturated heterocycles. The highest BCUT2D eigenvalue weighted by atomic mass is 19.4. The minimum atomic E-state index is -4.58. The van der Waals surface area contributed by atoms with Crippen LogP contribution in [0.4, 0.5) is 13.2 Å². The minimum absolute atomic E-state index is 0.0639. The van der Waals surface area contributed by atoms with Crippen molar-refractivity contribution in [1.82, 2.24) is 15.2 Å². The van der Waals surface area contributed by atoms with Crippen LogP contribution >= 0.6 is 0 Å². The Balaban J connectivity index is 1.69. The number of benzene rings is 1. The van der Waals surface area contributed by atoms with Crippen LogP contribution in [0.3, 0.4) is 0 Å². The van der Waals surface area contributed by atoms with E-state index in [0.29, 0.717) is 0 Å². The molecule has 2 unspecified atom stereocenters. The number of aromatic nitrogens is 1. The van der Waals surface area contributed by atoms with Gasteiger partial charge in [-0.25, -0.2) is 4.98 Å². The van der Waals surface area contributed by atoms with Crippen molar-refractivity contribution in [2.45, 2.75) is 38.4 Å². The third-order valence-corrected chi connectivity index (χ3v) is 5.62. The second kappa shape index (κ2) is 9.26. The van der Waals surface area contributed by atoms with Gasteiger partial charge in [-0.2, -0.15) is 13.2 Å². The summed E-state index contributed by atoms with van der Waals surface area (Å²) >= 11 is 0. The van der Waals surface area contributed by atoms with Crippen molar-refractivity contribution in [3.63, 3.8) is 0 Å². The topological polar surface area (TPSA) is 54.5 Å². The predicted molar refractivity (Wildman–Crippen MR) is 112 cm³/mol. The molecule has 8 heteroatoms. The van der Waals surface area contributed by atoms with E-state index in [9.17, 15) is 18.0 Å². The summed E-state index contributed by atoms with van der Waals surface area (Å²) in [5, 5.41) is 3.12. The van der Waals surface area contributed by atoms with E-state index in [2.05, 4.69) is 34.4 Å². The lowest BCUT2D eigenvalue weighted by Crippen LogP contribution is -2.52. The molecule has 1 fully saturated rings. The number of halogens is 3. The maximum atomic E-state index is 13.2. The first-order chi connectivity index (χ1) is 14.6. The Labute approximate surface area is 180 Å². The highest BCUT2D eigenvalue weighted by Gasteiger charge is 2.38. The van der Waals surface area contributed by atoms with Gasteiger partial charge in [-0.15, -0.1) is 0 Å². The number of alkyl halides is 3. The lowest BCUT2D eigenvalue weighted by molar-refractivity contribution is -0.139. The van der Waals surface area contributed by atoms with Gasteiger partial charge >= 0.3 is 6.18 Å². The summed E-state index contributed by atoms with van der Waals surface area (Å²) in [5.41, 5.74) is -0.840. The van der Waals surface area contributed by atoms with Crippen LogP contribution in [0.15, 0.2) is 48.7 Å². The maximum absolute atomic E-state index is 13.2. The van der Waals surface area contributed by atoms with Gasteiger partial charge in [-0.05, 0) is 51.6 Å². The number of pyridine rings is 1. The van der Waals surface area contributed by atoms with E-state index in [1.165, 1.54) is 12.3 Å². The molecular weight excluding hydrogens is 407 g/mol. The number of hydrogen-bond acceptors (Lipinski definition) is 4. The zero-order valence-electron chi connectivity index (χ0n) is 17.9. The molecule has 5 nitrogen and oxygen atoms in total. The second-order valence-corrected chi connectivity index (χ2v) is 8.67. The third-order valence-electron chi connectivity index (χ3n) is 5.62. The standard InChI is InChI=1S/C23H28F3N3O2/c1-22(2,15-31-20-18(23(24,25)26)10-7-12-27-20)21(30)28-19-11-13-29(3)14-17(19)16-8-5-4-6-9-16/h4-10,12,17,19H,11,13-15H2,1-3H3,(H,28,30). The Bertz CT molecular complexity index is 887. The molecule has 3 rings (SSSR count). The fraction of sp³-hybridized carbons (Fsp3) is 0.478. The SMILES string of the molecule is CN1CCC(NC(=O)C(C)(C)COc2ncccc2C(F)(F)F)C(c2ccccc2)C1. The molecule has 2 atom stereocenters. The van der Waals surface area contributed by atoms with Crippen LogP contribution in [0.5, 0.6) is 5.88 Å². The van der Waals surface area contributed by atoms with E-state index in [4.69, 9.17) is 4.74 Å². The van der Waals surface area contributed by atoms with Gasteiger partial charge in [0.15, 0.2) is 0 Å². The van der Waals surface area contributed by atoms with Gasteiger partial charge in [-0.3, -0.25) is 4.79 Å². The second-order valence-electron chi connectivity index (χ2n) is 8.67. The van der Waals surface area contributed by atoms with E-state index < -0.39 is 23.0 Å². The average Bonchev–Trinajstić information content (AvgIpc) is 2.73. The van der Waals surface area contributed by atoms with Crippen molar-refractivity contribution in [1.29, 1.82) is 0 Å². The number of piperidine rings is 1. The molecule has 31 heavy (non-hydrogen) atoms. The summed E-state index contributed by atoms with van der Waals surface area (Å²) in [6.45, 7) is 4.76. The number of carbonyl (C=O) groups is 1. The number of likely N-dealkylation sites (N-methyl/N-ethyl adjacent to an activating group) is 1. The molecule has 1 aliphatic rings. The van der Waals surface area contributed by atoms with Gasteiger partial charge in [0, 0.05) is 24.7 Å². The highest BCUT2D eigenvalue weighted by Crippen LogP contribution is 2.35. The Kier molecular flexibility index (Phi) is 6.89. The Hall–Kier alpha value is -2.61. The number of nitrogens with one attached hydrogen (secondary N) is 1. The van der Waals surface area contributed by atoms with Gasteiger partial charge in [0.2, 0.25) is 11.8 Å². The highest BCUT2D eigenvalue weighted by molar-refractivity contribution is 5.82. The van der Waals surface area contributed by atoms with Crippen molar-refractivity contribution in [3.8, 4) is 5.88 Å². The molecule has 0 radical (unpaired) electrons. The number of hydrogen-bond donors (Lipinski definition) is 1. The van der Waals surface area contributed by atoms with Gasteiger partial charge < -0.3 is 15.0 Å². The van der Waals surface area contributed by atoms with Crippen LogP contribution in [-0.4, -0.2) is 48.6 Å². The smallest absolute Gasteiger partial charge is 0.421 e. The lowest BCUT2D eigenvalue weighted by atomic mass is 9.84. The van der Waals surface area contributed by atoms with Crippen LogP contribution in [0.25, 0.3) is 0 Å². The molecular formula is C23H28F3N3O2. The number of likely N-dealkylation sites (tertiary alicyclic amines) is 1. The van der Waals surface area contributed by atoms with Crippen molar-refractivity contribution in [2.75, 3.05) is 26.7 Å². The summed E-state index contributed by atoms with van der Waals surface area (Å²) in [4.78, 5) is 19.0. The Morgan fingerprint density at radius 2 is 1.90 bits per heavy atom. The number of carbonyl (C=O) groups excluding carboxylic acids is 1. The maximum Gasteiger partial charge on any atom is 0.421 e. The molecule has 1 N–H and O–H groups in total. The zero-order chi connectivity index (χ0) is 22.6. The minimum Gasteiger partial charge on any atom is -0.476 e. The molecule has 1 aromatic heterocycles. The van der Waals surface area contributed by atoms with E-state index in [1.807, 2.05) is 18.2 Å². The summed E-state index contributed by atoms with van der Waals surface area (Å²) in [7, 11) is 2.05. The van der Waals surface area contributed by atoms with Crippen molar-refractivity contribution in [3.05, 3.63) is 59.8 Å². The van der Waals surface area contributed by atoms with Gasteiger partial charge in [0.25, 0.3) is 0 Å². The van der Waals surface area contributed by atoms with E-state index in [-0.39, 0.29) is 24.5 Å².